The summed E-state index contributed by atoms with van der Waals surface area (Å²) in [5.74, 6) is 1.55. The summed E-state index contributed by atoms with van der Waals surface area (Å²) in [5, 5.41) is 0. The van der Waals surface area contributed by atoms with Gasteiger partial charge in [0.1, 0.15) is 0 Å². The summed E-state index contributed by atoms with van der Waals surface area (Å²) in [4.78, 5) is 4.13. The van der Waals surface area contributed by atoms with Crippen LogP contribution < -0.4 is 0 Å². The van der Waals surface area contributed by atoms with Crippen molar-refractivity contribution in [2.75, 3.05) is 0 Å². The minimum absolute atomic E-state index is 0.512. The van der Waals surface area contributed by atoms with Gasteiger partial charge in [-0.3, -0.25) is 4.99 Å². The van der Waals surface area contributed by atoms with Crippen LogP contribution in [0.4, 0.5) is 0 Å². The van der Waals surface area contributed by atoms with Gasteiger partial charge in [-0.05, 0) is 43.4 Å². The van der Waals surface area contributed by atoms with E-state index in [0.29, 0.717) is 11.3 Å². The van der Waals surface area contributed by atoms with Crippen LogP contribution in [0.25, 0.3) is 0 Å². The van der Waals surface area contributed by atoms with Gasteiger partial charge in [0, 0.05) is 12.4 Å². The van der Waals surface area contributed by atoms with E-state index < -0.39 is 0 Å². The number of rotatable bonds is 11. The van der Waals surface area contributed by atoms with E-state index in [4.69, 9.17) is 0 Å². The first-order chi connectivity index (χ1) is 9.41. The minimum atomic E-state index is 0.512. The van der Waals surface area contributed by atoms with E-state index in [1.807, 2.05) is 19.3 Å². The van der Waals surface area contributed by atoms with Crippen molar-refractivity contribution in [3.8, 4) is 0 Å². The normalized spacial score (nSPS) is 16.1. The maximum atomic E-state index is 4.13. The predicted octanol–water partition coefficient (Wildman–Crippen LogP) is 6.64. The Morgan fingerprint density at radius 2 is 1.65 bits per heavy atom. The van der Waals surface area contributed by atoms with E-state index >= 15 is 0 Å². The molecule has 0 aromatic heterocycles. The predicted molar refractivity (Wildman–Crippen MR) is 93.4 cm³/mol. The summed E-state index contributed by atoms with van der Waals surface area (Å²) < 4.78 is 0. The van der Waals surface area contributed by atoms with Crippen LogP contribution in [0.5, 0.6) is 0 Å². The van der Waals surface area contributed by atoms with E-state index in [9.17, 15) is 0 Å². The Hall–Kier alpha value is -0.590. The SMILES string of the molecule is CC=N/C=C\C(C)CCCC(C)(C)CCCC(C)CC. The highest BCUT2D eigenvalue weighted by Gasteiger charge is 2.17. The van der Waals surface area contributed by atoms with Crippen LogP contribution in [0.1, 0.15) is 86.5 Å². The lowest BCUT2D eigenvalue weighted by Gasteiger charge is -2.25. The minimum Gasteiger partial charge on any atom is -0.270 e. The molecule has 0 bridgehead atoms. The van der Waals surface area contributed by atoms with Gasteiger partial charge in [0.15, 0.2) is 0 Å². The Bertz CT molecular complexity index is 275. The molecule has 0 fully saturated rings. The molecule has 2 atom stereocenters. The highest BCUT2D eigenvalue weighted by Crippen LogP contribution is 2.31. The summed E-state index contributed by atoms with van der Waals surface area (Å²) in [6.45, 7) is 13.8. The van der Waals surface area contributed by atoms with Crippen molar-refractivity contribution in [1.29, 1.82) is 0 Å². The van der Waals surface area contributed by atoms with E-state index in [0.717, 1.165) is 5.92 Å². The van der Waals surface area contributed by atoms with Crippen molar-refractivity contribution < 1.29 is 0 Å². The molecule has 0 heterocycles. The Kier molecular flexibility index (Phi) is 10.8. The van der Waals surface area contributed by atoms with Crippen molar-refractivity contribution in [2.24, 2.45) is 22.2 Å². The number of hydrogen-bond donors (Lipinski definition) is 0. The molecule has 0 rings (SSSR count). The Labute approximate surface area is 128 Å². The van der Waals surface area contributed by atoms with Gasteiger partial charge < -0.3 is 0 Å². The smallest absolute Gasteiger partial charge is 0.0226 e. The van der Waals surface area contributed by atoms with Crippen molar-refractivity contribution in [1.82, 2.24) is 0 Å². The summed E-state index contributed by atoms with van der Waals surface area (Å²) in [7, 11) is 0. The van der Waals surface area contributed by atoms with Gasteiger partial charge in [-0.1, -0.05) is 66.4 Å². The summed E-state index contributed by atoms with van der Waals surface area (Å²) in [6, 6.07) is 0. The van der Waals surface area contributed by atoms with Crippen molar-refractivity contribution in [3.05, 3.63) is 12.3 Å². The molecule has 0 spiro atoms. The van der Waals surface area contributed by atoms with Gasteiger partial charge in [-0.25, -0.2) is 0 Å². The molecule has 0 saturated heterocycles. The summed E-state index contributed by atoms with van der Waals surface area (Å²) >= 11 is 0. The van der Waals surface area contributed by atoms with Crippen LogP contribution in [0.3, 0.4) is 0 Å². The van der Waals surface area contributed by atoms with Gasteiger partial charge in [0.05, 0.1) is 0 Å². The second-order valence-corrected chi connectivity index (χ2v) is 7.19. The van der Waals surface area contributed by atoms with Gasteiger partial charge in [0.2, 0.25) is 0 Å². The molecule has 0 aromatic carbocycles. The maximum Gasteiger partial charge on any atom is 0.0226 e. The summed E-state index contributed by atoms with van der Waals surface area (Å²) in [6.07, 6.45) is 15.4. The second kappa shape index (κ2) is 11.1. The molecule has 118 valence electrons. The second-order valence-electron chi connectivity index (χ2n) is 7.19. The number of allylic oxidation sites excluding steroid dienone is 1. The zero-order chi connectivity index (χ0) is 15.4. The lowest BCUT2D eigenvalue weighted by Crippen LogP contribution is -2.12. The zero-order valence-electron chi connectivity index (χ0n) is 14.8. The van der Waals surface area contributed by atoms with Crippen molar-refractivity contribution in [3.63, 3.8) is 0 Å². The standard InChI is InChI=1S/C19H37N/c1-7-17(3)11-9-14-19(5,6)15-10-12-18(4)13-16-20-8-2/h8,13,16-18H,7,9-12,14-15H2,1-6H3/b16-13-,20-8?. The van der Waals surface area contributed by atoms with E-state index in [2.05, 4.69) is 45.7 Å². The number of hydrogen-bond acceptors (Lipinski definition) is 1. The van der Waals surface area contributed by atoms with Gasteiger partial charge >= 0.3 is 0 Å². The fraction of sp³-hybridized carbons (Fsp3) is 0.842. The van der Waals surface area contributed by atoms with Gasteiger partial charge in [0.25, 0.3) is 0 Å². The Morgan fingerprint density at radius 1 is 1.05 bits per heavy atom. The van der Waals surface area contributed by atoms with Crippen LogP contribution in [-0.2, 0) is 0 Å². The molecule has 0 aliphatic carbocycles. The zero-order valence-corrected chi connectivity index (χ0v) is 14.8. The first-order valence-electron chi connectivity index (χ1n) is 8.55. The topological polar surface area (TPSA) is 12.4 Å². The highest BCUT2D eigenvalue weighted by molar-refractivity contribution is 5.54. The molecule has 20 heavy (non-hydrogen) atoms. The molecule has 1 nitrogen and oxygen atoms in total. The quantitative estimate of drug-likeness (QED) is 0.376. The third-order valence-electron chi connectivity index (χ3n) is 4.41. The molecule has 1 heteroatoms. The fourth-order valence-corrected chi connectivity index (χ4v) is 2.54. The maximum absolute atomic E-state index is 4.13. The molecule has 0 N–H and O–H groups in total. The van der Waals surface area contributed by atoms with Gasteiger partial charge in [-0.2, -0.15) is 0 Å². The van der Waals surface area contributed by atoms with E-state index in [1.165, 1.54) is 44.9 Å². The molecule has 0 saturated carbocycles. The Balaban J connectivity index is 3.80. The van der Waals surface area contributed by atoms with E-state index in [1.54, 1.807) is 0 Å². The monoisotopic (exact) mass is 279 g/mol. The average molecular weight is 280 g/mol. The molecule has 0 aliphatic rings. The van der Waals surface area contributed by atoms with Crippen LogP contribution in [0.15, 0.2) is 17.3 Å². The molecule has 2 unspecified atom stereocenters. The first-order valence-corrected chi connectivity index (χ1v) is 8.55. The largest absolute Gasteiger partial charge is 0.270 e. The molecule has 0 aromatic rings. The lowest BCUT2D eigenvalue weighted by atomic mass is 9.80. The van der Waals surface area contributed by atoms with Crippen molar-refractivity contribution >= 4 is 6.21 Å². The average Bonchev–Trinajstić information content (AvgIpc) is 2.38. The van der Waals surface area contributed by atoms with Crippen LogP contribution in [0, 0.1) is 17.3 Å². The lowest BCUT2D eigenvalue weighted by molar-refractivity contribution is 0.272. The highest BCUT2D eigenvalue weighted by atomic mass is 14.6. The van der Waals surface area contributed by atoms with Crippen LogP contribution >= 0.6 is 0 Å². The molecule has 0 radical (unpaired) electrons. The number of nitrogens with zero attached hydrogens (tertiary/aromatic N) is 1. The van der Waals surface area contributed by atoms with Crippen LogP contribution in [-0.4, -0.2) is 6.21 Å². The molecular weight excluding hydrogens is 242 g/mol. The molecular formula is C19H37N. The van der Waals surface area contributed by atoms with E-state index in [-0.39, 0.29) is 0 Å². The number of aliphatic imine (C=N–C) groups is 1. The summed E-state index contributed by atoms with van der Waals surface area (Å²) in [5.41, 5.74) is 0.512. The molecule has 0 amide bonds. The first kappa shape index (κ1) is 19.4. The third kappa shape index (κ3) is 11.3. The fourth-order valence-electron chi connectivity index (χ4n) is 2.54. The van der Waals surface area contributed by atoms with Crippen LogP contribution in [0.2, 0.25) is 0 Å². The Morgan fingerprint density at radius 3 is 2.20 bits per heavy atom. The third-order valence-corrected chi connectivity index (χ3v) is 4.41. The molecule has 0 aliphatic heterocycles. The van der Waals surface area contributed by atoms with Gasteiger partial charge in [-0.15, -0.1) is 0 Å². The van der Waals surface area contributed by atoms with Crippen molar-refractivity contribution in [2.45, 2.75) is 86.5 Å².